The first-order valence-electron chi connectivity index (χ1n) is 4.27. The van der Waals surface area contributed by atoms with Gasteiger partial charge in [-0.25, -0.2) is 0 Å². The molecule has 0 radical (unpaired) electrons. The fourth-order valence-electron chi connectivity index (χ4n) is 2.13. The second kappa shape index (κ2) is 2.76. The highest BCUT2D eigenvalue weighted by molar-refractivity contribution is 7.57. The summed E-state index contributed by atoms with van der Waals surface area (Å²) < 4.78 is 0.890. The van der Waals surface area contributed by atoms with Crippen LogP contribution in [0.3, 0.4) is 0 Å². The maximum Gasteiger partial charge on any atom is 0.210 e. The molecule has 1 heterocycles. The summed E-state index contributed by atoms with van der Waals surface area (Å²) in [5.74, 6) is -0.438. The van der Waals surface area contributed by atoms with Crippen molar-refractivity contribution < 1.29 is 9.59 Å². The van der Waals surface area contributed by atoms with Crippen LogP contribution < -0.4 is 0 Å². The Bertz CT molecular complexity index is 217. The Kier molecular flexibility index (Phi) is 1.87. The molecule has 2 unspecified atom stereocenters. The van der Waals surface area contributed by atoms with Crippen molar-refractivity contribution in [1.82, 2.24) is 4.31 Å². The predicted octanol–water partition coefficient (Wildman–Crippen LogP) is 0.624. The summed E-state index contributed by atoms with van der Waals surface area (Å²) in [5, 5.41) is 0. The average molecular weight is 184 g/mol. The van der Waals surface area contributed by atoms with Gasteiger partial charge in [-0.15, -0.1) is 0 Å². The van der Waals surface area contributed by atoms with Crippen LogP contribution in [0, 0.1) is 11.8 Å². The molecule has 66 valence electrons. The number of hydrogen-bond donors (Lipinski definition) is 0. The molecule has 0 spiro atoms. The number of fused-ring (bicyclic) bond motifs is 1. The van der Waals surface area contributed by atoms with Crippen molar-refractivity contribution in [2.24, 2.45) is 11.8 Å². The molecule has 0 aromatic carbocycles. The molecule has 1 saturated carbocycles. The molecule has 1 saturated heterocycles. The van der Waals surface area contributed by atoms with Crippen LogP contribution in [-0.2, 0) is 22.4 Å². The van der Waals surface area contributed by atoms with Gasteiger partial charge in [0.1, 0.15) is 0 Å². The van der Waals surface area contributed by atoms with Gasteiger partial charge in [-0.1, -0.05) is 12.8 Å². The molecule has 2 amide bonds. The van der Waals surface area contributed by atoms with E-state index in [9.17, 15) is 9.59 Å². The van der Waals surface area contributed by atoms with Crippen molar-refractivity contribution in [2.45, 2.75) is 25.7 Å². The van der Waals surface area contributed by atoms with Crippen molar-refractivity contribution in [3.63, 3.8) is 0 Å². The summed E-state index contributed by atoms with van der Waals surface area (Å²) >= 11 is 4.70. The summed E-state index contributed by atoms with van der Waals surface area (Å²) in [6.07, 6.45) is 3.82. The minimum absolute atomic E-state index is 0.0799. The monoisotopic (exact) mass is 184 g/mol. The molecule has 2 rings (SSSR count). The normalized spacial score (nSPS) is 35.6. The van der Waals surface area contributed by atoms with Gasteiger partial charge in [0.05, 0.1) is 0 Å². The largest absolute Gasteiger partial charge is 0.655 e. The zero-order valence-electron chi connectivity index (χ0n) is 6.66. The van der Waals surface area contributed by atoms with Gasteiger partial charge in [0.2, 0.25) is 11.8 Å². The van der Waals surface area contributed by atoms with E-state index >= 15 is 0 Å². The van der Waals surface area contributed by atoms with E-state index in [-0.39, 0.29) is 23.7 Å². The van der Waals surface area contributed by atoms with E-state index in [1.54, 1.807) is 0 Å². The first-order valence-corrected chi connectivity index (χ1v) is 4.63. The Morgan fingerprint density at radius 3 is 1.92 bits per heavy atom. The highest BCUT2D eigenvalue weighted by Crippen LogP contribution is 2.37. The van der Waals surface area contributed by atoms with E-state index < -0.39 is 0 Å². The van der Waals surface area contributed by atoms with Gasteiger partial charge >= 0.3 is 0 Å². The van der Waals surface area contributed by atoms with E-state index in [4.69, 9.17) is 12.8 Å². The highest BCUT2D eigenvalue weighted by Gasteiger charge is 2.43. The van der Waals surface area contributed by atoms with Crippen LogP contribution in [0.25, 0.3) is 0 Å². The Hall–Kier alpha value is -0.510. The van der Waals surface area contributed by atoms with Crippen LogP contribution in [0.15, 0.2) is 0 Å². The maximum atomic E-state index is 11.4. The summed E-state index contributed by atoms with van der Waals surface area (Å²) in [7, 11) is 0. The molecule has 1 aliphatic heterocycles. The van der Waals surface area contributed by atoms with Crippen LogP contribution in [0.1, 0.15) is 25.7 Å². The van der Waals surface area contributed by atoms with Gasteiger partial charge in [0.15, 0.2) is 0 Å². The summed E-state index contributed by atoms with van der Waals surface area (Å²) in [6, 6.07) is 0. The molecule has 4 heteroatoms. The molecule has 0 aromatic rings. The number of hydrogen-bond acceptors (Lipinski definition) is 3. The van der Waals surface area contributed by atoms with E-state index in [0.29, 0.717) is 0 Å². The molecule has 3 nitrogen and oxygen atoms in total. The molecular weight excluding hydrogens is 174 g/mol. The first-order chi connectivity index (χ1) is 5.72. The Morgan fingerprint density at radius 1 is 1.08 bits per heavy atom. The summed E-state index contributed by atoms with van der Waals surface area (Å²) in [5.41, 5.74) is 0. The van der Waals surface area contributed by atoms with Crippen LogP contribution in [0.2, 0.25) is 0 Å². The number of rotatable bonds is 0. The second-order valence-corrected chi connectivity index (χ2v) is 3.83. The molecule has 0 N–H and O–H groups in total. The molecule has 0 aromatic heterocycles. The SMILES string of the molecule is O=C1C2CCCCC2C(=O)N1[S-]. The predicted molar refractivity (Wildman–Crippen MR) is 44.7 cm³/mol. The average Bonchev–Trinajstić information content (AvgIpc) is 2.33. The fourth-order valence-corrected chi connectivity index (χ4v) is 2.40. The minimum atomic E-state index is -0.139. The molecule has 2 aliphatic rings. The lowest BCUT2D eigenvalue weighted by atomic mass is 9.81. The van der Waals surface area contributed by atoms with Gasteiger partial charge < -0.3 is 17.1 Å². The molecular formula is C8H10NO2S-. The van der Waals surface area contributed by atoms with E-state index in [1.165, 1.54) is 0 Å². The van der Waals surface area contributed by atoms with Gasteiger partial charge in [0.25, 0.3) is 0 Å². The molecule has 12 heavy (non-hydrogen) atoms. The third-order valence-electron chi connectivity index (χ3n) is 2.80. The molecule has 2 atom stereocenters. The number of amides is 2. The molecule has 2 fully saturated rings. The lowest BCUT2D eigenvalue weighted by Crippen LogP contribution is -2.24. The van der Waals surface area contributed by atoms with Crippen LogP contribution >= 0.6 is 0 Å². The summed E-state index contributed by atoms with van der Waals surface area (Å²) in [6.45, 7) is 0. The van der Waals surface area contributed by atoms with Crippen LogP contribution in [-0.4, -0.2) is 16.1 Å². The van der Waals surface area contributed by atoms with E-state index in [1.807, 2.05) is 0 Å². The number of carbonyl (C=O) groups is 2. The smallest absolute Gasteiger partial charge is 0.210 e. The molecule has 0 bridgehead atoms. The quantitative estimate of drug-likeness (QED) is 0.409. The van der Waals surface area contributed by atoms with Gasteiger partial charge in [0, 0.05) is 11.8 Å². The lowest BCUT2D eigenvalue weighted by molar-refractivity contribution is -0.133. The highest BCUT2D eigenvalue weighted by atomic mass is 32.1. The van der Waals surface area contributed by atoms with Crippen molar-refractivity contribution in [1.29, 1.82) is 0 Å². The Balaban J connectivity index is 2.25. The Morgan fingerprint density at radius 2 is 1.50 bits per heavy atom. The number of nitrogens with zero attached hydrogens (tertiary/aromatic N) is 1. The third-order valence-corrected chi connectivity index (χ3v) is 3.16. The van der Waals surface area contributed by atoms with Crippen molar-refractivity contribution in [2.75, 3.05) is 0 Å². The van der Waals surface area contributed by atoms with Crippen molar-refractivity contribution in [3.05, 3.63) is 0 Å². The van der Waals surface area contributed by atoms with Crippen LogP contribution in [0.4, 0.5) is 0 Å². The first kappa shape index (κ1) is 8.10. The van der Waals surface area contributed by atoms with Gasteiger partial charge in [-0.2, -0.15) is 0 Å². The summed E-state index contributed by atoms with van der Waals surface area (Å²) in [4.78, 5) is 22.7. The van der Waals surface area contributed by atoms with E-state index in [0.717, 1.165) is 30.0 Å². The Labute approximate surface area is 76.7 Å². The fraction of sp³-hybridized carbons (Fsp3) is 0.750. The zero-order chi connectivity index (χ0) is 8.72. The maximum absolute atomic E-state index is 11.4. The van der Waals surface area contributed by atoms with Crippen molar-refractivity contribution >= 4 is 24.6 Å². The van der Waals surface area contributed by atoms with Gasteiger partial charge in [-0.05, 0) is 12.8 Å². The second-order valence-electron chi connectivity index (χ2n) is 3.47. The lowest BCUT2D eigenvalue weighted by Gasteiger charge is -2.20. The zero-order valence-corrected chi connectivity index (χ0v) is 7.47. The van der Waals surface area contributed by atoms with E-state index in [2.05, 4.69) is 0 Å². The van der Waals surface area contributed by atoms with Crippen molar-refractivity contribution in [3.8, 4) is 0 Å². The topological polar surface area (TPSA) is 37.4 Å². The number of imide groups is 1. The standard InChI is InChI=1S/C8H10NO2S/c10-7-5-3-1-2-4-6(5)8(11)9(7)12/h5-6H,1-4H2/q-1. The van der Waals surface area contributed by atoms with Crippen LogP contribution in [0.5, 0.6) is 0 Å². The molecule has 1 aliphatic carbocycles. The third kappa shape index (κ3) is 0.975. The number of carbonyl (C=O) groups excluding carboxylic acids is 2. The minimum Gasteiger partial charge on any atom is -0.655 e. The van der Waals surface area contributed by atoms with Gasteiger partial charge in [-0.3, -0.25) is 9.59 Å².